The number of aromatic nitrogens is 2. The first-order chi connectivity index (χ1) is 21.9. The lowest BCUT2D eigenvalue weighted by molar-refractivity contribution is 0.0919. The molecule has 1 atom stereocenters. The average molecular weight is 605 g/mol. The molecule has 11 heteroatoms. The van der Waals surface area contributed by atoms with Crippen LogP contribution in [0.1, 0.15) is 30.5 Å². The third-order valence-corrected chi connectivity index (χ3v) is 8.49. The topological polar surface area (TPSA) is 130 Å². The third kappa shape index (κ3) is 6.45. The van der Waals surface area contributed by atoms with Crippen molar-refractivity contribution < 1.29 is 9.53 Å². The summed E-state index contributed by atoms with van der Waals surface area (Å²) in [7, 11) is 0. The summed E-state index contributed by atoms with van der Waals surface area (Å²) in [5.74, 6) is 1.24. The van der Waals surface area contributed by atoms with E-state index in [0.717, 1.165) is 22.4 Å². The van der Waals surface area contributed by atoms with E-state index in [1.807, 2.05) is 72.9 Å². The first kappa shape index (κ1) is 29.7. The zero-order valence-electron chi connectivity index (χ0n) is 25.4. The summed E-state index contributed by atoms with van der Waals surface area (Å²) in [5, 5.41) is 13.7. The van der Waals surface area contributed by atoms with E-state index in [1.54, 1.807) is 11.0 Å². The highest BCUT2D eigenvalue weighted by Crippen LogP contribution is 2.28. The Kier molecular flexibility index (Phi) is 8.64. The van der Waals surface area contributed by atoms with Crippen LogP contribution in [0.15, 0.2) is 82.6 Å². The fourth-order valence-electron chi connectivity index (χ4n) is 6.08. The van der Waals surface area contributed by atoms with Crippen LogP contribution in [0.4, 0.5) is 16.4 Å². The number of guanidine groups is 1. The first-order valence-electron chi connectivity index (χ1n) is 15.2. The summed E-state index contributed by atoms with van der Waals surface area (Å²) in [6.07, 6.45) is 2.29. The number of rotatable bonds is 5. The third-order valence-electron chi connectivity index (χ3n) is 8.49. The van der Waals surface area contributed by atoms with Crippen LogP contribution in [-0.2, 0) is 24.3 Å². The molecule has 0 bridgehead atoms. The van der Waals surface area contributed by atoms with Gasteiger partial charge in [0.2, 0.25) is 18.1 Å². The molecule has 6 rings (SSSR count). The number of aromatic amines is 1. The number of amides is 1. The maximum atomic E-state index is 12.8. The lowest BCUT2D eigenvalue weighted by atomic mass is 9.97. The molecule has 0 radical (unpaired) electrons. The van der Waals surface area contributed by atoms with Crippen molar-refractivity contribution in [3.8, 4) is 6.19 Å². The van der Waals surface area contributed by atoms with E-state index in [-0.39, 0.29) is 30.2 Å². The second-order valence-corrected chi connectivity index (χ2v) is 11.7. The number of benzene rings is 3. The van der Waals surface area contributed by atoms with Gasteiger partial charge in [0.05, 0.1) is 16.9 Å². The van der Waals surface area contributed by atoms with Crippen molar-refractivity contribution in [2.45, 2.75) is 39.5 Å². The number of para-hydroxylation sites is 1. The van der Waals surface area contributed by atoms with Crippen molar-refractivity contribution in [2.75, 3.05) is 36.4 Å². The van der Waals surface area contributed by atoms with Crippen molar-refractivity contribution in [1.29, 1.82) is 5.26 Å². The summed E-state index contributed by atoms with van der Waals surface area (Å²) in [6, 6.07) is 22.9. The van der Waals surface area contributed by atoms with Gasteiger partial charge in [-0.3, -0.25) is 9.78 Å². The van der Waals surface area contributed by atoms with Crippen LogP contribution in [0.5, 0.6) is 0 Å². The number of piperazine rings is 1. The van der Waals surface area contributed by atoms with E-state index in [9.17, 15) is 14.9 Å². The number of carbonyl (C=O) groups excluding carboxylic acids is 1. The molecule has 230 valence electrons. The number of hydrogen-bond donors (Lipinski definition) is 2. The Bertz CT molecular complexity index is 1810. The number of H-pyrrole nitrogens is 1. The number of carbonyl (C=O) groups is 1. The molecule has 1 amide bonds. The van der Waals surface area contributed by atoms with Crippen LogP contribution >= 0.6 is 0 Å². The van der Waals surface area contributed by atoms with Gasteiger partial charge in [-0.2, -0.15) is 5.26 Å². The summed E-state index contributed by atoms with van der Waals surface area (Å²) in [5.41, 5.74) is 4.42. The van der Waals surface area contributed by atoms with Crippen LogP contribution in [0, 0.1) is 17.4 Å². The fraction of sp³-hybridized carbons (Fsp3) is 0.324. The van der Waals surface area contributed by atoms with Crippen LogP contribution in [0.3, 0.4) is 0 Å². The monoisotopic (exact) mass is 604 g/mol. The Labute approximate surface area is 261 Å². The predicted molar refractivity (Wildman–Crippen MR) is 174 cm³/mol. The number of nitrogens with zero attached hydrogens (tertiary/aromatic N) is 6. The Morgan fingerprint density at radius 2 is 1.89 bits per heavy atom. The number of anilines is 2. The quantitative estimate of drug-likeness (QED) is 0.190. The Hall–Kier alpha value is -5.37. The molecule has 1 fully saturated rings. The molecule has 2 N–H and O–H groups in total. The van der Waals surface area contributed by atoms with Crippen molar-refractivity contribution in [3.63, 3.8) is 0 Å². The lowest BCUT2D eigenvalue weighted by Gasteiger charge is -2.44. The van der Waals surface area contributed by atoms with Gasteiger partial charge < -0.3 is 24.8 Å². The highest BCUT2D eigenvalue weighted by atomic mass is 16.6. The van der Waals surface area contributed by atoms with Crippen molar-refractivity contribution >= 4 is 34.6 Å². The molecule has 11 nitrogen and oxygen atoms in total. The van der Waals surface area contributed by atoms with Crippen molar-refractivity contribution in [3.05, 3.63) is 99.8 Å². The van der Waals surface area contributed by atoms with Gasteiger partial charge in [-0.05, 0) is 47.2 Å². The molecule has 1 aromatic heterocycles. The van der Waals surface area contributed by atoms with Gasteiger partial charge >= 0.3 is 6.09 Å². The number of nitriles is 1. The molecule has 2 aliphatic rings. The van der Waals surface area contributed by atoms with Gasteiger partial charge in [0.25, 0.3) is 5.56 Å². The number of aliphatic imine (C=N–C) groups is 1. The normalized spacial score (nSPS) is 16.8. The SMILES string of the molecule is CC(C)C1CN(c2nc3ccccc3c(=O)[nH]2)CCN1C(=NC#N)Nc1cccc2c1CCN(C(=O)OCc1ccccc1)C2. The number of ether oxygens (including phenoxy) is 1. The van der Waals surface area contributed by atoms with Gasteiger partial charge in [0.15, 0.2) is 0 Å². The van der Waals surface area contributed by atoms with Gasteiger partial charge in [-0.25, -0.2) is 9.78 Å². The smallest absolute Gasteiger partial charge is 0.410 e. The lowest BCUT2D eigenvalue weighted by Crippen LogP contribution is -2.59. The molecule has 3 heterocycles. The van der Waals surface area contributed by atoms with Gasteiger partial charge in [-0.15, -0.1) is 4.99 Å². The first-order valence-corrected chi connectivity index (χ1v) is 15.2. The Morgan fingerprint density at radius 1 is 1.09 bits per heavy atom. The molecule has 0 aliphatic carbocycles. The van der Waals surface area contributed by atoms with E-state index in [0.29, 0.717) is 62.0 Å². The van der Waals surface area contributed by atoms with Crippen LogP contribution in [0.2, 0.25) is 0 Å². The molecule has 0 saturated carbocycles. The highest BCUT2D eigenvalue weighted by Gasteiger charge is 2.33. The summed E-state index contributed by atoms with van der Waals surface area (Å²) < 4.78 is 5.57. The summed E-state index contributed by atoms with van der Waals surface area (Å²) >= 11 is 0. The van der Waals surface area contributed by atoms with Crippen LogP contribution in [0.25, 0.3) is 10.9 Å². The largest absolute Gasteiger partial charge is 0.445 e. The molecule has 4 aromatic rings. The Morgan fingerprint density at radius 3 is 2.69 bits per heavy atom. The van der Waals surface area contributed by atoms with E-state index in [2.05, 4.69) is 38.9 Å². The number of fused-ring (bicyclic) bond motifs is 2. The maximum Gasteiger partial charge on any atom is 0.410 e. The molecular formula is C34H36N8O3. The molecular weight excluding hydrogens is 568 g/mol. The Balaban J connectivity index is 1.17. The van der Waals surface area contributed by atoms with Gasteiger partial charge in [-0.1, -0.05) is 68.4 Å². The summed E-state index contributed by atoms with van der Waals surface area (Å²) in [6.45, 7) is 7.22. The molecule has 0 spiro atoms. The van der Waals surface area contributed by atoms with Crippen LogP contribution in [-0.4, -0.2) is 64.0 Å². The molecule has 3 aromatic carbocycles. The minimum atomic E-state index is -0.338. The van der Waals surface area contributed by atoms with Gasteiger partial charge in [0, 0.05) is 38.4 Å². The molecule has 1 saturated heterocycles. The van der Waals surface area contributed by atoms with Crippen molar-refractivity contribution in [2.24, 2.45) is 10.9 Å². The van der Waals surface area contributed by atoms with E-state index < -0.39 is 0 Å². The highest BCUT2D eigenvalue weighted by molar-refractivity contribution is 5.95. The van der Waals surface area contributed by atoms with Gasteiger partial charge in [0.1, 0.15) is 6.61 Å². The van der Waals surface area contributed by atoms with E-state index in [1.165, 1.54) is 0 Å². The predicted octanol–water partition coefficient (Wildman–Crippen LogP) is 4.71. The minimum absolute atomic E-state index is 0.00969. The molecule has 1 unspecified atom stereocenters. The van der Waals surface area contributed by atoms with Crippen LogP contribution < -0.4 is 15.8 Å². The number of nitrogens with one attached hydrogen (secondary N) is 2. The summed E-state index contributed by atoms with van der Waals surface area (Å²) in [4.78, 5) is 43.5. The number of hydrogen-bond acceptors (Lipinski definition) is 7. The van der Waals surface area contributed by atoms with E-state index in [4.69, 9.17) is 9.72 Å². The zero-order valence-corrected chi connectivity index (χ0v) is 25.4. The van der Waals surface area contributed by atoms with E-state index >= 15 is 0 Å². The second kappa shape index (κ2) is 13.1. The minimum Gasteiger partial charge on any atom is -0.445 e. The van der Waals surface area contributed by atoms with Crippen molar-refractivity contribution in [1.82, 2.24) is 19.8 Å². The average Bonchev–Trinajstić information content (AvgIpc) is 3.07. The zero-order chi connectivity index (χ0) is 31.3. The second-order valence-electron chi connectivity index (χ2n) is 11.7. The molecule has 2 aliphatic heterocycles. The molecule has 45 heavy (non-hydrogen) atoms. The standard InChI is InChI=1S/C34H36N8O3/c1-23(2)30-20-40(33-38-29-13-7-6-12-27(29)31(43)39-33)17-18-42(30)32(36-22-35)37-28-14-8-11-25-19-41(16-15-26(25)28)34(44)45-21-24-9-4-3-5-10-24/h3-14,23,30H,15-21H2,1-2H3,(H,36,37)(H,38,39,43). The fourth-order valence-corrected chi connectivity index (χ4v) is 6.08. The maximum absolute atomic E-state index is 12.8.